The minimum Gasteiger partial charge on any atom is -0.480 e. The molecule has 0 saturated heterocycles. The molecule has 0 N–H and O–H groups in total. The first-order valence-corrected chi connectivity index (χ1v) is 12.9. The van der Waals surface area contributed by atoms with Gasteiger partial charge in [-0.05, 0) is 43.3 Å². The number of alkyl halides is 5. The van der Waals surface area contributed by atoms with E-state index in [-0.39, 0.29) is 35.0 Å². The monoisotopic (exact) mass is 561 g/mol. The molecular weight excluding hydrogens is 540 g/mol. The number of carbonyl (C=O) groups excluding carboxylic acids is 1. The number of ether oxygens (including phenoxy) is 1. The van der Waals surface area contributed by atoms with Crippen molar-refractivity contribution in [3.8, 4) is 11.4 Å². The number of carbonyl (C=O) groups is 1. The molecule has 1 aromatic heterocycles. The summed E-state index contributed by atoms with van der Waals surface area (Å²) in [6.45, 7) is 2.00. The van der Waals surface area contributed by atoms with Crippen LogP contribution in [0.4, 0.5) is 26.3 Å². The van der Waals surface area contributed by atoms with E-state index in [0.717, 1.165) is 37.3 Å². The minimum atomic E-state index is -4.73. The van der Waals surface area contributed by atoms with Gasteiger partial charge in [-0.2, -0.15) is 18.3 Å². The SMILES string of the molecule is CCS(=O)(=O)c1ccc(O[C@@H](C)C(F)(F)F)c(C(=O)N2Cc3cn(-c4ccc(F)c(C(F)F)c4)nc3C2)c1. The molecule has 0 aliphatic carbocycles. The third-order valence-corrected chi connectivity index (χ3v) is 7.76. The predicted octanol–water partition coefficient (Wildman–Crippen LogP) is 5.23. The van der Waals surface area contributed by atoms with Crippen molar-refractivity contribution in [2.45, 2.75) is 50.5 Å². The number of benzene rings is 2. The largest absolute Gasteiger partial charge is 0.480 e. The number of nitrogens with zero attached hydrogens (tertiary/aromatic N) is 3. The normalized spacial score (nSPS) is 14.6. The molecule has 0 fully saturated rings. The molecule has 3 aromatic rings. The lowest BCUT2D eigenvalue weighted by atomic mass is 10.1. The number of aromatic nitrogens is 2. The highest BCUT2D eigenvalue weighted by molar-refractivity contribution is 7.91. The molecule has 1 atom stereocenters. The second kappa shape index (κ2) is 9.97. The zero-order valence-corrected chi connectivity index (χ0v) is 20.8. The second-order valence-electron chi connectivity index (χ2n) is 8.58. The molecule has 0 spiro atoms. The molecule has 0 saturated carbocycles. The van der Waals surface area contributed by atoms with Gasteiger partial charge in [0.25, 0.3) is 12.3 Å². The zero-order valence-electron chi connectivity index (χ0n) is 20.0. The molecule has 1 aliphatic rings. The number of hydrogen-bond acceptors (Lipinski definition) is 5. The maximum atomic E-state index is 13.6. The summed E-state index contributed by atoms with van der Waals surface area (Å²) in [6, 6.07) is 6.19. The maximum absolute atomic E-state index is 13.6. The Bertz CT molecular complexity index is 1460. The molecule has 4 rings (SSSR count). The van der Waals surface area contributed by atoms with E-state index >= 15 is 0 Å². The third kappa shape index (κ3) is 5.35. The van der Waals surface area contributed by atoms with Crippen LogP contribution < -0.4 is 4.74 Å². The number of rotatable bonds is 7. The molecule has 14 heteroatoms. The van der Waals surface area contributed by atoms with Crippen molar-refractivity contribution in [1.29, 1.82) is 0 Å². The van der Waals surface area contributed by atoms with Crippen molar-refractivity contribution in [2.24, 2.45) is 0 Å². The van der Waals surface area contributed by atoms with Gasteiger partial charge in [-0.3, -0.25) is 4.79 Å². The summed E-state index contributed by atoms with van der Waals surface area (Å²) in [7, 11) is -3.79. The van der Waals surface area contributed by atoms with Crippen LogP contribution in [0.15, 0.2) is 47.5 Å². The van der Waals surface area contributed by atoms with Crippen LogP contribution in [-0.2, 0) is 22.9 Å². The van der Waals surface area contributed by atoms with Crippen LogP contribution in [0, 0.1) is 5.82 Å². The lowest BCUT2D eigenvalue weighted by Gasteiger charge is -2.22. The topological polar surface area (TPSA) is 81.5 Å². The van der Waals surface area contributed by atoms with Crippen molar-refractivity contribution < 1.29 is 44.3 Å². The highest BCUT2D eigenvalue weighted by Crippen LogP contribution is 2.33. The molecule has 38 heavy (non-hydrogen) atoms. The van der Waals surface area contributed by atoms with Crippen molar-refractivity contribution in [3.63, 3.8) is 0 Å². The van der Waals surface area contributed by atoms with Crippen LogP contribution in [-0.4, -0.2) is 47.0 Å². The molecule has 1 aliphatic heterocycles. The number of sulfone groups is 1. The Labute approximate surface area is 213 Å². The van der Waals surface area contributed by atoms with Gasteiger partial charge in [0.1, 0.15) is 11.6 Å². The smallest absolute Gasteiger partial charge is 0.425 e. The third-order valence-electron chi connectivity index (χ3n) is 6.03. The Hall–Kier alpha value is -3.55. The second-order valence-corrected chi connectivity index (χ2v) is 10.9. The van der Waals surface area contributed by atoms with Crippen molar-refractivity contribution in [2.75, 3.05) is 5.75 Å². The summed E-state index contributed by atoms with van der Waals surface area (Å²) in [4.78, 5) is 14.3. The lowest BCUT2D eigenvalue weighted by molar-refractivity contribution is -0.189. The fourth-order valence-electron chi connectivity index (χ4n) is 3.84. The Morgan fingerprint density at radius 2 is 1.84 bits per heavy atom. The molecule has 1 amide bonds. The van der Waals surface area contributed by atoms with Gasteiger partial charge in [0.15, 0.2) is 15.9 Å². The average Bonchev–Trinajstić information content (AvgIpc) is 3.43. The van der Waals surface area contributed by atoms with Crippen LogP contribution >= 0.6 is 0 Å². The molecule has 2 aromatic carbocycles. The zero-order chi connectivity index (χ0) is 28.0. The van der Waals surface area contributed by atoms with E-state index in [4.69, 9.17) is 4.74 Å². The van der Waals surface area contributed by atoms with E-state index in [1.165, 1.54) is 28.8 Å². The Morgan fingerprint density at radius 3 is 2.45 bits per heavy atom. The van der Waals surface area contributed by atoms with Crippen LogP contribution in [0.25, 0.3) is 5.69 Å². The lowest BCUT2D eigenvalue weighted by Crippen LogP contribution is -2.33. The maximum Gasteiger partial charge on any atom is 0.425 e. The van der Waals surface area contributed by atoms with Gasteiger partial charge in [0, 0.05) is 18.3 Å². The Morgan fingerprint density at radius 1 is 1.13 bits per heavy atom. The van der Waals surface area contributed by atoms with E-state index < -0.39 is 51.6 Å². The van der Waals surface area contributed by atoms with Gasteiger partial charge in [-0.15, -0.1) is 0 Å². The molecule has 0 radical (unpaired) electrons. The highest BCUT2D eigenvalue weighted by Gasteiger charge is 2.39. The first-order valence-electron chi connectivity index (χ1n) is 11.3. The number of hydrogen-bond donors (Lipinski definition) is 0. The molecule has 0 unspecified atom stereocenters. The summed E-state index contributed by atoms with van der Waals surface area (Å²) in [5.41, 5.74) is -0.0935. The van der Waals surface area contributed by atoms with Crippen LogP contribution in [0.5, 0.6) is 5.75 Å². The molecule has 0 bridgehead atoms. The first kappa shape index (κ1) is 27.5. The predicted molar refractivity (Wildman–Crippen MR) is 122 cm³/mol. The van der Waals surface area contributed by atoms with Gasteiger partial charge in [0.2, 0.25) is 0 Å². The van der Waals surface area contributed by atoms with Gasteiger partial charge in [-0.25, -0.2) is 26.3 Å². The Kier molecular flexibility index (Phi) is 7.21. The summed E-state index contributed by atoms with van der Waals surface area (Å²) < 4.78 is 110. The average molecular weight is 562 g/mol. The number of halogens is 6. The van der Waals surface area contributed by atoms with Crippen LogP contribution in [0.1, 0.15) is 47.5 Å². The summed E-state index contributed by atoms with van der Waals surface area (Å²) >= 11 is 0. The van der Waals surface area contributed by atoms with E-state index in [1.54, 1.807) is 0 Å². The van der Waals surface area contributed by atoms with Gasteiger partial charge in [-0.1, -0.05) is 6.92 Å². The highest BCUT2D eigenvalue weighted by atomic mass is 32.2. The summed E-state index contributed by atoms with van der Waals surface area (Å²) in [5.74, 6) is -2.57. The van der Waals surface area contributed by atoms with E-state index in [1.807, 2.05) is 0 Å². The van der Waals surface area contributed by atoms with Gasteiger partial charge in [0.05, 0.1) is 39.7 Å². The molecule has 7 nitrogen and oxygen atoms in total. The molecule has 2 heterocycles. The van der Waals surface area contributed by atoms with Gasteiger partial charge < -0.3 is 9.64 Å². The quantitative estimate of drug-likeness (QED) is 0.369. The van der Waals surface area contributed by atoms with Crippen LogP contribution in [0.3, 0.4) is 0 Å². The van der Waals surface area contributed by atoms with Crippen LogP contribution in [0.2, 0.25) is 0 Å². The van der Waals surface area contributed by atoms with Crippen molar-refractivity contribution in [1.82, 2.24) is 14.7 Å². The number of amides is 1. The minimum absolute atomic E-state index is 0.0456. The number of fused-ring (bicyclic) bond motifs is 1. The summed E-state index contributed by atoms with van der Waals surface area (Å²) in [5, 5.41) is 4.27. The standard InChI is InChI=1S/C24H21F6N3O4S/c1-3-38(35,36)16-5-7-21(37-13(2)24(28,29)30)18(9-16)23(34)32-10-14-11-33(31-20(14)12-32)15-4-6-19(25)17(8-15)22(26)27/h4-9,11,13,22H,3,10,12H2,1-2H3/t13-/m0/s1. The van der Waals surface area contributed by atoms with Crippen molar-refractivity contribution in [3.05, 3.63) is 70.8 Å². The van der Waals surface area contributed by atoms with Gasteiger partial charge >= 0.3 is 6.18 Å². The molecule has 204 valence electrons. The van der Waals surface area contributed by atoms with Crippen molar-refractivity contribution >= 4 is 15.7 Å². The fourth-order valence-corrected chi connectivity index (χ4v) is 4.74. The fraction of sp³-hybridized carbons (Fsp3) is 0.333. The first-order chi connectivity index (χ1) is 17.7. The summed E-state index contributed by atoms with van der Waals surface area (Å²) in [6.07, 6.45) is -8.57. The van der Waals surface area contributed by atoms with E-state index in [0.29, 0.717) is 11.3 Å². The van der Waals surface area contributed by atoms with E-state index in [2.05, 4.69) is 5.10 Å². The van der Waals surface area contributed by atoms with E-state index in [9.17, 15) is 39.6 Å². The molecular formula is C24H21F6N3O4S. The Balaban J connectivity index is 1.63.